The average molecular weight is 470 g/mol. The van der Waals surface area contributed by atoms with Gasteiger partial charge in [-0.2, -0.15) is 0 Å². The summed E-state index contributed by atoms with van der Waals surface area (Å²) in [7, 11) is -3.13. The summed E-state index contributed by atoms with van der Waals surface area (Å²) in [5.74, 6) is 0.558. The van der Waals surface area contributed by atoms with Crippen molar-refractivity contribution >= 4 is 38.9 Å². The van der Waals surface area contributed by atoms with Crippen LogP contribution in [0.25, 0.3) is 0 Å². The van der Waals surface area contributed by atoms with E-state index in [4.69, 9.17) is 27.9 Å². The van der Waals surface area contributed by atoms with Crippen LogP contribution in [0.4, 0.5) is 0 Å². The Morgan fingerprint density at radius 1 is 1.17 bits per heavy atom. The molecule has 0 saturated carbocycles. The van der Waals surface area contributed by atoms with E-state index in [1.165, 1.54) is 5.56 Å². The molecular weight excluding hydrogens is 445 g/mol. The Morgan fingerprint density at radius 2 is 1.87 bits per heavy atom. The minimum absolute atomic E-state index is 0.0233. The quantitative estimate of drug-likeness (QED) is 0.588. The van der Waals surface area contributed by atoms with Gasteiger partial charge in [-0.1, -0.05) is 61.3 Å². The van der Waals surface area contributed by atoms with Gasteiger partial charge in [-0.05, 0) is 41.7 Å². The lowest BCUT2D eigenvalue weighted by atomic mass is 10.0. The van der Waals surface area contributed by atoms with E-state index in [-0.39, 0.29) is 30.1 Å². The fourth-order valence-electron chi connectivity index (χ4n) is 3.46. The van der Waals surface area contributed by atoms with Crippen LogP contribution in [0.3, 0.4) is 0 Å². The fraction of sp³-hybridized carbons (Fsp3) is 0.409. The van der Waals surface area contributed by atoms with Gasteiger partial charge >= 0.3 is 0 Å². The minimum Gasteiger partial charge on any atom is -0.482 e. The Labute approximate surface area is 187 Å². The second-order valence-electron chi connectivity index (χ2n) is 7.84. The minimum atomic E-state index is -3.13. The summed E-state index contributed by atoms with van der Waals surface area (Å²) in [5.41, 5.74) is 2.15. The topological polar surface area (TPSA) is 63.7 Å². The Kier molecular flexibility index (Phi) is 7.32. The van der Waals surface area contributed by atoms with Gasteiger partial charge in [0, 0.05) is 17.6 Å². The van der Waals surface area contributed by atoms with Crippen LogP contribution in [0.1, 0.15) is 37.3 Å². The molecule has 1 aliphatic heterocycles. The Bertz CT molecular complexity index is 1010. The molecule has 1 aliphatic rings. The summed E-state index contributed by atoms with van der Waals surface area (Å²) in [5, 5.41) is 0.788. The Hall–Kier alpha value is -1.76. The standard InChI is InChI=1S/C22H25Cl2NO4S/c1-15(2)17-5-3-16(4-6-17)12-25(19-9-10-30(27,28)14-19)22(26)13-29-21-8-7-18(23)11-20(21)24/h3-8,11,15,19H,9-10,12-14H2,1-2H3. The molecule has 2 aromatic carbocycles. The zero-order chi connectivity index (χ0) is 21.9. The van der Waals surface area contributed by atoms with E-state index in [0.717, 1.165) is 5.56 Å². The molecule has 0 spiro atoms. The second kappa shape index (κ2) is 9.58. The molecule has 0 bridgehead atoms. The van der Waals surface area contributed by atoms with E-state index in [1.807, 2.05) is 24.3 Å². The number of halogens is 2. The number of hydrogen-bond donors (Lipinski definition) is 0. The predicted octanol–water partition coefficient (Wildman–Crippen LogP) is 4.71. The molecule has 0 aromatic heterocycles. The van der Waals surface area contributed by atoms with Crippen molar-refractivity contribution in [2.45, 2.75) is 38.8 Å². The lowest BCUT2D eigenvalue weighted by molar-refractivity contribution is -0.136. The van der Waals surface area contributed by atoms with Crippen LogP contribution in [0.5, 0.6) is 5.75 Å². The highest BCUT2D eigenvalue weighted by Gasteiger charge is 2.34. The summed E-state index contributed by atoms with van der Waals surface area (Å²) in [4.78, 5) is 14.6. The lowest BCUT2D eigenvalue weighted by Crippen LogP contribution is -2.43. The highest BCUT2D eigenvalue weighted by atomic mass is 35.5. The summed E-state index contributed by atoms with van der Waals surface area (Å²) in [6, 6.07) is 12.5. The van der Waals surface area contributed by atoms with Gasteiger partial charge in [0.05, 0.1) is 16.5 Å². The molecule has 1 heterocycles. The molecule has 1 saturated heterocycles. The summed E-state index contributed by atoms with van der Waals surface area (Å²) in [6.07, 6.45) is 0.430. The second-order valence-corrected chi connectivity index (χ2v) is 10.9. The summed E-state index contributed by atoms with van der Waals surface area (Å²) < 4.78 is 29.6. The largest absolute Gasteiger partial charge is 0.482 e. The number of carbonyl (C=O) groups excluding carboxylic acids is 1. The van der Waals surface area contributed by atoms with Gasteiger partial charge in [0.15, 0.2) is 16.4 Å². The van der Waals surface area contributed by atoms with E-state index in [0.29, 0.717) is 34.7 Å². The maximum Gasteiger partial charge on any atom is 0.261 e. The number of ether oxygens (including phenoxy) is 1. The third-order valence-electron chi connectivity index (χ3n) is 5.21. The van der Waals surface area contributed by atoms with Gasteiger partial charge in [-0.3, -0.25) is 4.79 Å². The number of sulfone groups is 1. The monoisotopic (exact) mass is 469 g/mol. The first-order valence-electron chi connectivity index (χ1n) is 9.81. The molecule has 5 nitrogen and oxygen atoms in total. The van der Waals surface area contributed by atoms with Crippen LogP contribution in [0.2, 0.25) is 10.0 Å². The van der Waals surface area contributed by atoms with Gasteiger partial charge in [0.2, 0.25) is 0 Å². The van der Waals surface area contributed by atoms with Crippen molar-refractivity contribution < 1.29 is 17.9 Å². The van der Waals surface area contributed by atoms with E-state index in [1.54, 1.807) is 23.1 Å². The van der Waals surface area contributed by atoms with Crippen LogP contribution in [-0.2, 0) is 21.2 Å². The van der Waals surface area contributed by atoms with Gasteiger partial charge < -0.3 is 9.64 Å². The van der Waals surface area contributed by atoms with Crippen LogP contribution < -0.4 is 4.74 Å². The molecule has 3 rings (SSSR count). The first-order chi connectivity index (χ1) is 14.1. The number of hydrogen-bond acceptors (Lipinski definition) is 4. The van der Waals surface area contributed by atoms with Crippen molar-refractivity contribution in [2.75, 3.05) is 18.1 Å². The van der Waals surface area contributed by atoms with Crippen molar-refractivity contribution in [1.29, 1.82) is 0 Å². The van der Waals surface area contributed by atoms with Gasteiger partial charge in [0.1, 0.15) is 5.75 Å². The molecule has 30 heavy (non-hydrogen) atoms. The van der Waals surface area contributed by atoms with E-state index >= 15 is 0 Å². The molecule has 1 unspecified atom stereocenters. The van der Waals surface area contributed by atoms with Crippen LogP contribution in [0.15, 0.2) is 42.5 Å². The lowest BCUT2D eigenvalue weighted by Gasteiger charge is -2.28. The van der Waals surface area contributed by atoms with Crippen molar-refractivity contribution in [3.8, 4) is 5.75 Å². The number of nitrogens with zero attached hydrogens (tertiary/aromatic N) is 1. The molecule has 0 aliphatic carbocycles. The molecule has 1 atom stereocenters. The van der Waals surface area contributed by atoms with E-state index in [2.05, 4.69) is 13.8 Å². The zero-order valence-electron chi connectivity index (χ0n) is 17.0. The van der Waals surface area contributed by atoms with Gasteiger partial charge in [-0.25, -0.2) is 8.42 Å². The molecule has 0 radical (unpaired) electrons. The molecule has 1 amide bonds. The summed E-state index contributed by atoms with van der Waals surface area (Å²) in [6.45, 7) is 4.33. The predicted molar refractivity (Wildman–Crippen MR) is 120 cm³/mol. The zero-order valence-corrected chi connectivity index (χ0v) is 19.3. The van der Waals surface area contributed by atoms with Crippen LogP contribution in [0, 0.1) is 0 Å². The number of rotatable bonds is 7. The van der Waals surface area contributed by atoms with Crippen molar-refractivity contribution in [3.05, 3.63) is 63.6 Å². The van der Waals surface area contributed by atoms with E-state index < -0.39 is 9.84 Å². The third kappa shape index (κ3) is 5.90. The molecular formula is C22H25Cl2NO4S. The highest BCUT2D eigenvalue weighted by Crippen LogP contribution is 2.28. The Morgan fingerprint density at radius 3 is 2.43 bits per heavy atom. The molecule has 0 N–H and O–H groups in total. The SMILES string of the molecule is CC(C)c1ccc(CN(C(=O)COc2ccc(Cl)cc2Cl)C2CCS(=O)(=O)C2)cc1. The number of carbonyl (C=O) groups is 1. The van der Waals surface area contributed by atoms with Crippen LogP contribution in [-0.4, -0.2) is 43.4 Å². The molecule has 8 heteroatoms. The normalized spacial score (nSPS) is 17.8. The van der Waals surface area contributed by atoms with Crippen molar-refractivity contribution in [1.82, 2.24) is 4.90 Å². The Balaban J connectivity index is 1.75. The first kappa shape index (κ1) is 22.9. The highest BCUT2D eigenvalue weighted by molar-refractivity contribution is 7.91. The number of benzene rings is 2. The maximum absolute atomic E-state index is 13.0. The van der Waals surface area contributed by atoms with Gasteiger partial charge in [-0.15, -0.1) is 0 Å². The van der Waals surface area contributed by atoms with Crippen LogP contribution >= 0.6 is 23.2 Å². The molecule has 1 fully saturated rings. The van der Waals surface area contributed by atoms with Crippen molar-refractivity contribution in [3.63, 3.8) is 0 Å². The van der Waals surface area contributed by atoms with E-state index in [9.17, 15) is 13.2 Å². The summed E-state index contributed by atoms with van der Waals surface area (Å²) >= 11 is 12.0. The average Bonchev–Trinajstić information content (AvgIpc) is 3.05. The fourth-order valence-corrected chi connectivity index (χ4v) is 5.66. The first-order valence-corrected chi connectivity index (χ1v) is 12.4. The smallest absolute Gasteiger partial charge is 0.261 e. The maximum atomic E-state index is 13.0. The number of amides is 1. The van der Waals surface area contributed by atoms with Gasteiger partial charge in [0.25, 0.3) is 5.91 Å². The van der Waals surface area contributed by atoms with Crippen molar-refractivity contribution in [2.24, 2.45) is 0 Å². The molecule has 2 aromatic rings. The third-order valence-corrected chi connectivity index (χ3v) is 7.49. The molecule has 162 valence electrons.